The van der Waals surface area contributed by atoms with E-state index in [9.17, 15) is 22.4 Å². The Morgan fingerprint density at radius 1 is 0.864 bits per heavy atom. The van der Waals surface area contributed by atoms with Crippen molar-refractivity contribution in [1.82, 2.24) is 19.8 Å². The third-order valence-electron chi connectivity index (χ3n) is 7.42. The Hall–Kier alpha value is -5.14. The SMILES string of the molecule is CN1CCN(c2cccc(NC(=O)c3ccccn3)c2C(=O)Nn2ncc3cc(S(=O)(=O)c4cccc(F)c4)ccc32)CC1. The molecule has 0 unspecified atom stereocenters. The Balaban J connectivity index is 1.33. The van der Waals surface area contributed by atoms with E-state index < -0.39 is 27.5 Å². The minimum atomic E-state index is -3.99. The molecule has 1 fully saturated rings. The molecule has 224 valence electrons. The fraction of sp³-hybridized carbons (Fsp3) is 0.161. The number of nitrogens with zero attached hydrogens (tertiary/aromatic N) is 5. The molecule has 2 aromatic heterocycles. The number of anilines is 2. The lowest BCUT2D eigenvalue weighted by atomic mass is 10.1. The number of carbonyl (C=O) groups excluding carboxylic acids is 2. The van der Waals surface area contributed by atoms with Crippen LogP contribution < -0.4 is 15.6 Å². The highest BCUT2D eigenvalue weighted by molar-refractivity contribution is 7.91. The normalized spacial score (nSPS) is 14.0. The molecule has 1 aliphatic rings. The first kappa shape index (κ1) is 29.0. The Morgan fingerprint density at radius 2 is 1.64 bits per heavy atom. The third-order valence-corrected chi connectivity index (χ3v) is 9.17. The van der Waals surface area contributed by atoms with E-state index in [1.54, 1.807) is 30.3 Å². The van der Waals surface area contributed by atoms with Gasteiger partial charge in [0.2, 0.25) is 9.84 Å². The molecule has 0 spiro atoms. The molecule has 0 bridgehead atoms. The number of halogens is 1. The smallest absolute Gasteiger partial charge is 0.275 e. The van der Waals surface area contributed by atoms with Crippen LogP contribution in [0.5, 0.6) is 0 Å². The highest BCUT2D eigenvalue weighted by Gasteiger charge is 2.25. The second-order valence-electron chi connectivity index (χ2n) is 10.3. The van der Waals surface area contributed by atoms with Crippen LogP contribution in [0.2, 0.25) is 0 Å². The van der Waals surface area contributed by atoms with E-state index in [-0.39, 0.29) is 21.0 Å². The summed E-state index contributed by atoms with van der Waals surface area (Å²) >= 11 is 0. The van der Waals surface area contributed by atoms with Crippen molar-refractivity contribution in [3.63, 3.8) is 0 Å². The topological polar surface area (TPSA) is 130 Å². The fourth-order valence-electron chi connectivity index (χ4n) is 5.07. The number of piperazine rings is 1. The van der Waals surface area contributed by atoms with Gasteiger partial charge in [0.15, 0.2) is 0 Å². The molecule has 0 atom stereocenters. The third kappa shape index (κ3) is 5.74. The fourth-order valence-corrected chi connectivity index (χ4v) is 6.39. The van der Waals surface area contributed by atoms with Crippen molar-refractivity contribution in [1.29, 1.82) is 0 Å². The lowest BCUT2D eigenvalue weighted by molar-refractivity contribution is 0.101. The van der Waals surface area contributed by atoms with Crippen molar-refractivity contribution in [2.75, 3.05) is 48.9 Å². The zero-order chi connectivity index (χ0) is 30.8. The maximum Gasteiger partial charge on any atom is 0.275 e. The number of amides is 2. The summed E-state index contributed by atoms with van der Waals surface area (Å²) < 4.78 is 40.0. The number of carbonyl (C=O) groups is 2. The van der Waals surface area contributed by atoms with Crippen LogP contribution >= 0.6 is 0 Å². The first-order valence-electron chi connectivity index (χ1n) is 13.8. The van der Waals surface area contributed by atoms with Gasteiger partial charge in [0.1, 0.15) is 11.5 Å². The molecule has 1 saturated heterocycles. The number of benzene rings is 3. The molecule has 3 heterocycles. The molecule has 0 aliphatic carbocycles. The van der Waals surface area contributed by atoms with Gasteiger partial charge in [0.05, 0.1) is 38.4 Å². The minimum absolute atomic E-state index is 0.0404. The first-order chi connectivity index (χ1) is 21.2. The molecular weight excluding hydrogens is 585 g/mol. The molecule has 5 aromatic rings. The quantitative estimate of drug-likeness (QED) is 0.284. The van der Waals surface area contributed by atoms with Gasteiger partial charge in [-0.05, 0) is 67.7 Å². The number of hydrogen-bond donors (Lipinski definition) is 2. The summed E-state index contributed by atoms with van der Waals surface area (Å²) in [4.78, 5) is 36.4. The van der Waals surface area contributed by atoms with Gasteiger partial charge in [-0.15, -0.1) is 0 Å². The zero-order valence-electron chi connectivity index (χ0n) is 23.6. The molecule has 2 amide bonds. The summed E-state index contributed by atoms with van der Waals surface area (Å²) in [5.74, 6) is -1.65. The second kappa shape index (κ2) is 11.9. The molecule has 1 aliphatic heterocycles. The Labute approximate surface area is 252 Å². The number of fused-ring (bicyclic) bond motifs is 1. The Kier molecular flexibility index (Phi) is 7.80. The number of pyridine rings is 1. The highest BCUT2D eigenvalue weighted by atomic mass is 32.2. The van der Waals surface area contributed by atoms with Crippen LogP contribution in [0.3, 0.4) is 0 Å². The van der Waals surface area contributed by atoms with Gasteiger partial charge in [-0.1, -0.05) is 18.2 Å². The first-order valence-corrected chi connectivity index (χ1v) is 15.3. The van der Waals surface area contributed by atoms with Crippen LogP contribution in [0.15, 0.2) is 101 Å². The number of sulfone groups is 1. The van der Waals surface area contributed by atoms with Gasteiger partial charge >= 0.3 is 0 Å². The maximum atomic E-state index is 14.0. The molecule has 0 saturated carbocycles. The molecule has 0 radical (unpaired) electrons. The van der Waals surface area contributed by atoms with Gasteiger partial charge in [0.25, 0.3) is 11.8 Å². The minimum Gasteiger partial charge on any atom is -0.368 e. The van der Waals surface area contributed by atoms with Crippen LogP contribution in [0.25, 0.3) is 10.9 Å². The molecule has 13 heteroatoms. The number of nitrogens with one attached hydrogen (secondary N) is 2. The predicted octanol–water partition coefficient (Wildman–Crippen LogP) is 3.79. The van der Waals surface area contributed by atoms with Crippen molar-refractivity contribution in [3.05, 3.63) is 108 Å². The van der Waals surface area contributed by atoms with Gasteiger partial charge < -0.3 is 15.1 Å². The average Bonchev–Trinajstić information content (AvgIpc) is 3.43. The molecular formula is C31H28FN7O4S. The van der Waals surface area contributed by atoms with Gasteiger partial charge in [-0.25, -0.2) is 18.2 Å². The van der Waals surface area contributed by atoms with E-state index in [2.05, 4.69) is 30.6 Å². The summed E-state index contributed by atoms with van der Waals surface area (Å²) in [6.07, 6.45) is 2.94. The Morgan fingerprint density at radius 3 is 2.39 bits per heavy atom. The van der Waals surface area contributed by atoms with Crippen molar-refractivity contribution in [2.45, 2.75) is 9.79 Å². The van der Waals surface area contributed by atoms with E-state index in [0.29, 0.717) is 35.4 Å². The highest BCUT2D eigenvalue weighted by Crippen LogP contribution is 2.30. The van der Waals surface area contributed by atoms with Crippen LogP contribution in [0, 0.1) is 5.82 Å². The average molecular weight is 614 g/mol. The van der Waals surface area contributed by atoms with E-state index in [0.717, 1.165) is 19.2 Å². The molecule has 44 heavy (non-hydrogen) atoms. The molecule has 11 nitrogen and oxygen atoms in total. The van der Waals surface area contributed by atoms with E-state index in [1.165, 1.54) is 53.6 Å². The predicted molar refractivity (Wildman–Crippen MR) is 164 cm³/mol. The molecule has 3 aromatic carbocycles. The van der Waals surface area contributed by atoms with Gasteiger partial charge in [-0.3, -0.25) is 14.6 Å². The number of rotatable bonds is 7. The van der Waals surface area contributed by atoms with Crippen LogP contribution in [0.4, 0.5) is 15.8 Å². The van der Waals surface area contributed by atoms with Crippen LogP contribution in [-0.4, -0.2) is 73.2 Å². The molecule has 2 N–H and O–H groups in total. The zero-order valence-corrected chi connectivity index (χ0v) is 24.5. The summed E-state index contributed by atoms with van der Waals surface area (Å²) in [7, 11) is -1.96. The van der Waals surface area contributed by atoms with E-state index in [4.69, 9.17) is 0 Å². The summed E-state index contributed by atoms with van der Waals surface area (Å²) in [6.45, 7) is 2.97. The Bertz CT molecular complexity index is 1970. The number of hydrogen-bond acceptors (Lipinski definition) is 8. The van der Waals surface area contributed by atoms with Gasteiger partial charge in [0, 0.05) is 37.8 Å². The number of aromatic nitrogens is 3. The largest absolute Gasteiger partial charge is 0.368 e. The van der Waals surface area contributed by atoms with Crippen LogP contribution in [0.1, 0.15) is 20.8 Å². The van der Waals surface area contributed by atoms with E-state index in [1.807, 2.05) is 13.1 Å². The summed E-state index contributed by atoms with van der Waals surface area (Å²) in [6, 6.07) is 19.4. The van der Waals surface area contributed by atoms with Crippen molar-refractivity contribution < 1.29 is 22.4 Å². The number of likely N-dealkylation sites (N-methyl/N-ethyl adjacent to an activating group) is 1. The van der Waals surface area contributed by atoms with E-state index >= 15 is 0 Å². The summed E-state index contributed by atoms with van der Waals surface area (Å²) in [5.41, 5.74) is 4.62. The maximum absolute atomic E-state index is 14.0. The van der Waals surface area contributed by atoms with Crippen molar-refractivity contribution in [2.24, 2.45) is 0 Å². The second-order valence-corrected chi connectivity index (χ2v) is 12.3. The monoisotopic (exact) mass is 613 g/mol. The lowest BCUT2D eigenvalue weighted by Gasteiger charge is -2.35. The molecule has 6 rings (SSSR count). The van der Waals surface area contributed by atoms with Crippen molar-refractivity contribution >= 4 is 43.9 Å². The van der Waals surface area contributed by atoms with Crippen LogP contribution in [-0.2, 0) is 9.84 Å². The van der Waals surface area contributed by atoms with Gasteiger partial charge in [-0.2, -0.15) is 9.89 Å². The standard InChI is InChI=1S/C31H28FN7O4S/c1-37-14-16-38(17-15-37)28-10-5-9-25(35-30(40)26-8-2-3-13-33-26)29(28)31(41)36-39-27-12-11-24(18-21(27)20-34-39)44(42,43)23-7-4-6-22(32)19-23/h2-13,18-20H,14-17H2,1H3,(H,35,40)(H,36,41). The van der Waals surface area contributed by atoms with Crippen molar-refractivity contribution in [3.8, 4) is 0 Å². The lowest BCUT2D eigenvalue weighted by Crippen LogP contribution is -2.45. The summed E-state index contributed by atoms with van der Waals surface area (Å²) in [5, 5.41) is 7.55.